The molecule has 12 heteroatoms. The molecule has 3 rings (SSSR count). The van der Waals surface area contributed by atoms with Crippen LogP contribution in [0.3, 0.4) is 0 Å². The van der Waals surface area contributed by atoms with Gasteiger partial charge in [-0.25, -0.2) is 0 Å². The summed E-state index contributed by atoms with van der Waals surface area (Å²) >= 11 is 5.71. The molecule has 2 aromatic rings. The number of amides is 2. The highest BCUT2D eigenvalue weighted by atomic mass is 35.5. The lowest BCUT2D eigenvalue weighted by Gasteiger charge is -2.29. The number of halogens is 1. The summed E-state index contributed by atoms with van der Waals surface area (Å²) in [4.78, 5) is 47.8. The summed E-state index contributed by atoms with van der Waals surface area (Å²) in [5.41, 5.74) is -0.484. The molecule has 33 heavy (non-hydrogen) atoms. The summed E-state index contributed by atoms with van der Waals surface area (Å²) in [6.45, 7) is -0.565. The van der Waals surface area contributed by atoms with Crippen LogP contribution in [0.2, 0.25) is 5.02 Å². The van der Waals surface area contributed by atoms with Crippen molar-refractivity contribution in [2.24, 2.45) is 0 Å². The number of esters is 1. The third-order valence-electron chi connectivity index (χ3n) is 4.63. The van der Waals surface area contributed by atoms with Gasteiger partial charge in [-0.3, -0.25) is 24.5 Å². The predicted molar refractivity (Wildman–Crippen MR) is 115 cm³/mol. The van der Waals surface area contributed by atoms with Crippen molar-refractivity contribution in [3.8, 4) is 11.5 Å². The van der Waals surface area contributed by atoms with E-state index in [0.717, 1.165) is 6.07 Å². The third kappa shape index (κ3) is 6.32. The van der Waals surface area contributed by atoms with Gasteiger partial charge in [0.2, 0.25) is 0 Å². The Kier molecular flexibility index (Phi) is 7.67. The minimum absolute atomic E-state index is 0.0500. The molecular weight excluding hydrogens is 458 g/mol. The maximum Gasteiger partial charge on any atom is 0.325 e. The van der Waals surface area contributed by atoms with Gasteiger partial charge in [0, 0.05) is 18.7 Å². The van der Waals surface area contributed by atoms with E-state index in [2.05, 4.69) is 5.32 Å². The van der Waals surface area contributed by atoms with Crippen molar-refractivity contribution in [2.45, 2.75) is 6.10 Å². The second-order valence-corrected chi connectivity index (χ2v) is 7.45. The van der Waals surface area contributed by atoms with E-state index >= 15 is 0 Å². The van der Waals surface area contributed by atoms with Gasteiger partial charge in [-0.1, -0.05) is 23.7 Å². The molecule has 174 valence electrons. The van der Waals surface area contributed by atoms with Gasteiger partial charge < -0.3 is 24.4 Å². The van der Waals surface area contributed by atoms with Crippen LogP contribution < -0.4 is 14.8 Å². The molecule has 2 aromatic carbocycles. The van der Waals surface area contributed by atoms with Crippen LogP contribution in [0, 0.1) is 10.1 Å². The first-order chi connectivity index (χ1) is 15.7. The van der Waals surface area contributed by atoms with E-state index in [9.17, 15) is 24.5 Å². The number of fused-ring (bicyclic) bond motifs is 1. The molecule has 1 aliphatic rings. The van der Waals surface area contributed by atoms with Crippen molar-refractivity contribution < 1.29 is 33.5 Å². The highest BCUT2D eigenvalue weighted by molar-refractivity contribution is 6.32. The van der Waals surface area contributed by atoms with Gasteiger partial charge in [0.05, 0.1) is 11.5 Å². The summed E-state index contributed by atoms with van der Waals surface area (Å²) < 4.78 is 16.3. The number of nitro groups is 1. The van der Waals surface area contributed by atoms with E-state index in [0.29, 0.717) is 11.5 Å². The molecule has 2 amide bonds. The molecule has 1 N–H and O–H groups in total. The molecule has 0 spiro atoms. The molecule has 1 atom stereocenters. The Morgan fingerprint density at radius 3 is 2.70 bits per heavy atom. The molecule has 1 unspecified atom stereocenters. The minimum Gasteiger partial charge on any atom is -0.486 e. The number of para-hydroxylation sites is 2. The van der Waals surface area contributed by atoms with Crippen molar-refractivity contribution in [2.75, 3.05) is 33.4 Å². The molecule has 0 fully saturated rings. The number of nitro benzene ring substituents is 1. The Morgan fingerprint density at radius 1 is 1.24 bits per heavy atom. The van der Waals surface area contributed by atoms with E-state index < -0.39 is 41.5 Å². The molecular formula is C21H20ClN3O8. The lowest BCUT2D eigenvalue weighted by atomic mass is 10.2. The number of likely N-dealkylation sites (N-methyl/N-ethyl adjacent to an activating group) is 1. The summed E-state index contributed by atoms with van der Waals surface area (Å²) in [6, 6.07) is 10.7. The number of rotatable bonds is 8. The van der Waals surface area contributed by atoms with E-state index in [1.165, 1.54) is 24.1 Å². The van der Waals surface area contributed by atoms with Crippen LogP contribution >= 0.6 is 11.6 Å². The minimum atomic E-state index is -0.847. The first-order valence-corrected chi connectivity index (χ1v) is 10.1. The highest BCUT2D eigenvalue weighted by Gasteiger charge is 2.24. The molecule has 1 heterocycles. The second-order valence-electron chi connectivity index (χ2n) is 7.04. The van der Waals surface area contributed by atoms with Crippen molar-refractivity contribution >= 4 is 35.1 Å². The Bertz CT molecular complexity index is 1080. The van der Waals surface area contributed by atoms with Gasteiger partial charge in [0.1, 0.15) is 18.2 Å². The topological polar surface area (TPSA) is 137 Å². The molecule has 0 saturated heterocycles. The maximum atomic E-state index is 12.2. The van der Waals surface area contributed by atoms with Crippen molar-refractivity contribution in [3.63, 3.8) is 0 Å². The summed E-state index contributed by atoms with van der Waals surface area (Å²) in [5.74, 6) is -0.829. The van der Waals surface area contributed by atoms with E-state index in [1.807, 2.05) is 12.1 Å². The Labute approximate surface area is 193 Å². The van der Waals surface area contributed by atoms with Crippen molar-refractivity contribution in [1.82, 2.24) is 10.2 Å². The molecule has 0 saturated carbocycles. The van der Waals surface area contributed by atoms with Gasteiger partial charge in [0.25, 0.3) is 17.5 Å². The number of ether oxygens (including phenoxy) is 3. The van der Waals surface area contributed by atoms with E-state index in [4.69, 9.17) is 25.8 Å². The van der Waals surface area contributed by atoms with Crippen LogP contribution in [0.25, 0.3) is 0 Å². The Hall–Kier alpha value is -3.86. The predicted octanol–water partition coefficient (Wildman–Crippen LogP) is 1.82. The van der Waals surface area contributed by atoms with Crippen LogP contribution in [0.1, 0.15) is 10.4 Å². The Morgan fingerprint density at radius 2 is 1.97 bits per heavy atom. The van der Waals surface area contributed by atoms with E-state index in [-0.39, 0.29) is 29.8 Å². The number of hydrogen-bond acceptors (Lipinski definition) is 8. The number of hydrogen-bond donors (Lipinski definition) is 1. The van der Waals surface area contributed by atoms with Crippen LogP contribution in [0.5, 0.6) is 11.5 Å². The summed E-state index contributed by atoms with van der Waals surface area (Å²) in [6.07, 6.45) is -0.382. The number of benzene rings is 2. The highest BCUT2D eigenvalue weighted by Crippen LogP contribution is 2.31. The average Bonchev–Trinajstić information content (AvgIpc) is 2.80. The molecule has 0 aromatic heterocycles. The normalized spacial score (nSPS) is 14.2. The largest absolute Gasteiger partial charge is 0.486 e. The van der Waals surface area contributed by atoms with Gasteiger partial charge >= 0.3 is 5.97 Å². The monoisotopic (exact) mass is 477 g/mol. The first-order valence-electron chi connectivity index (χ1n) is 9.75. The molecule has 0 bridgehead atoms. The van der Waals surface area contributed by atoms with Crippen molar-refractivity contribution in [1.29, 1.82) is 0 Å². The molecule has 0 radical (unpaired) electrons. The fourth-order valence-electron chi connectivity index (χ4n) is 2.91. The summed E-state index contributed by atoms with van der Waals surface area (Å²) in [7, 11) is 1.54. The van der Waals surface area contributed by atoms with Gasteiger partial charge in [-0.15, -0.1) is 0 Å². The molecule has 0 aliphatic carbocycles. The lowest BCUT2D eigenvalue weighted by molar-refractivity contribution is -0.384. The fourth-order valence-corrected chi connectivity index (χ4v) is 3.10. The average molecular weight is 478 g/mol. The SMILES string of the molecule is CN(CC1COc2ccccc2O1)C(=O)COC(=O)CNC(=O)c1ccc(Cl)c([N+](=O)[O-])c1. The van der Waals surface area contributed by atoms with Crippen LogP contribution in [-0.2, 0) is 14.3 Å². The van der Waals surface area contributed by atoms with Crippen LogP contribution in [-0.4, -0.2) is 67.1 Å². The first kappa shape index (κ1) is 23.8. The zero-order valence-corrected chi connectivity index (χ0v) is 18.2. The smallest absolute Gasteiger partial charge is 0.325 e. The number of carbonyl (C=O) groups excluding carboxylic acids is 3. The molecule has 1 aliphatic heterocycles. The zero-order valence-electron chi connectivity index (χ0n) is 17.5. The van der Waals surface area contributed by atoms with Gasteiger partial charge in [-0.2, -0.15) is 0 Å². The lowest BCUT2D eigenvalue weighted by Crippen LogP contribution is -2.43. The fraction of sp³-hybridized carbons (Fsp3) is 0.286. The quantitative estimate of drug-likeness (QED) is 0.345. The third-order valence-corrected chi connectivity index (χ3v) is 4.95. The second kappa shape index (κ2) is 10.6. The van der Waals surface area contributed by atoms with Gasteiger partial charge in [-0.05, 0) is 24.3 Å². The number of nitrogens with one attached hydrogen (secondary N) is 1. The maximum absolute atomic E-state index is 12.2. The molecule has 11 nitrogen and oxygen atoms in total. The Balaban J connectivity index is 1.41. The van der Waals surface area contributed by atoms with Gasteiger partial charge in [0.15, 0.2) is 24.2 Å². The van der Waals surface area contributed by atoms with E-state index in [1.54, 1.807) is 12.1 Å². The van der Waals surface area contributed by atoms with Crippen LogP contribution in [0.15, 0.2) is 42.5 Å². The number of carbonyl (C=O) groups is 3. The number of nitrogens with zero attached hydrogens (tertiary/aromatic N) is 2. The van der Waals surface area contributed by atoms with Crippen LogP contribution in [0.4, 0.5) is 5.69 Å². The zero-order chi connectivity index (χ0) is 24.0. The summed E-state index contributed by atoms with van der Waals surface area (Å²) in [5, 5.41) is 13.1. The van der Waals surface area contributed by atoms with Crippen molar-refractivity contribution in [3.05, 3.63) is 63.2 Å². The standard InChI is InChI=1S/C21H20ClN3O8/c1-24(10-14-11-31-17-4-2-3-5-18(17)33-14)19(26)12-32-20(27)9-23-21(28)13-6-7-15(22)16(8-13)25(29)30/h2-8,14H,9-12H2,1H3,(H,23,28).